The van der Waals surface area contributed by atoms with Crippen molar-refractivity contribution in [1.82, 2.24) is 5.32 Å². The van der Waals surface area contributed by atoms with E-state index in [0.29, 0.717) is 0 Å². The number of hydrogen-bond donors (Lipinski definition) is 3. The van der Waals surface area contributed by atoms with E-state index in [2.05, 4.69) is 5.32 Å². The highest BCUT2D eigenvalue weighted by Gasteiger charge is 2.33. The number of aliphatic hydroxyl groups excluding tert-OH is 1. The Hall–Kier alpha value is -1.39. The molecule has 0 amide bonds. The molecule has 1 aromatic rings. The Morgan fingerprint density at radius 3 is 2.22 bits per heavy atom. The summed E-state index contributed by atoms with van der Waals surface area (Å²) in [7, 11) is 0. The van der Waals surface area contributed by atoms with Crippen molar-refractivity contribution >= 4 is 5.97 Å². The van der Waals surface area contributed by atoms with Gasteiger partial charge in [0.15, 0.2) is 0 Å². The van der Waals surface area contributed by atoms with Crippen LogP contribution in [-0.2, 0) is 4.79 Å². The molecule has 1 rings (SSSR count). The van der Waals surface area contributed by atoms with Crippen molar-refractivity contribution in [2.24, 2.45) is 5.41 Å². The standard InChI is InChI=1S/C14H21NO3/c1-14(2,3)12(13(17)18)15-11(9-16)10-7-5-4-6-8-10/h4-8,11-12,15-16H,9H2,1-3H3,(H,17,18)/t11-,12-/m1/s1. The fourth-order valence-corrected chi connectivity index (χ4v) is 1.83. The highest BCUT2D eigenvalue weighted by Crippen LogP contribution is 2.23. The molecular weight excluding hydrogens is 230 g/mol. The van der Waals surface area contributed by atoms with Crippen molar-refractivity contribution in [2.45, 2.75) is 32.9 Å². The van der Waals surface area contributed by atoms with Crippen molar-refractivity contribution in [1.29, 1.82) is 0 Å². The molecule has 0 aliphatic heterocycles. The molecule has 0 heterocycles. The zero-order valence-corrected chi connectivity index (χ0v) is 11.1. The van der Waals surface area contributed by atoms with Crippen LogP contribution in [-0.4, -0.2) is 28.8 Å². The molecule has 100 valence electrons. The normalized spacial score (nSPS) is 15.1. The van der Waals surface area contributed by atoms with Crippen LogP contribution in [0.25, 0.3) is 0 Å². The van der Waals surface area contributed by atoms with Gasteiger partial charge >= 0.3 is 5.97 Å². The van der Waals surface area contributed by atoms with Crippen molar-refractivity contribution in [3.8, 4) is 0 Å². The Kier molecular flexibility index (Phi) is 4.87. The molecule has 2 atom stereocenters. The molecule has 0 fully saturated rings. The summed E-state index contributed by atoms with van der Waals surface area (Å²) in [6.07, 6.45) is 0. The van der Waals surface area contributed by atoms with Gasteiger partial charge in [-0.05, 0) is 11.0 Å². The number of hydrogen-bond acceptors (Lipinski definition) is 3. The van der Waals surface area contributed by atoms with Crippen LogP contribution in [0.5, 0.6) is 0 Å². The Labute approximate surface area is 108 Å². The number of aliphatic carboxylic acids is 1. The molecule has 4 nitrogen and oxygen atoms in total. The number of aliphatic hydroxyl groups is 1. The summed E-state index contributed by atoms with van der Waals surface area (Å²) >= 11 is 0. The fraction of sp³-hybridized carbons (Fsp3) is 0.500. The number of carboxylic acid groups (broad SMARTS) is 1. The van der Waals surface area contributed by atoms with E-state index >= 15 is 0 Å². The van der Waals surface area contributed by atoms with Crippen molar-refractivity contribution in [3.05, 3.63) is 35.9 Å². The van der Waals surface area contributed by atoms with E-state index in [9.17, 15) is 15.0 Å². The maximum Gasteiger partial charge on any atom is 0.321 e. The summed E-state index contributed by atoms with van der Waals surface area (Å²) in [6.45, 7) is 5.44. The highest BCUT2D eigenvalue weighted by molar-refractivity contribution is 5.74. The third-order valence-electron chi connectivity index (χ3n) is 2.87. The molecule has 0 aromatic heterocycles. The van der Waals surface area contributed by atoms with E-state index in [-0.39, 0.29) is 12.6 Å². The zero-order valence-electron chi connectivity index (χ0n) is 11.1. The van der Waals surface area contributed by atoms with E-state index in [1.807, 2.05) is 51.1 Å². The second-order valence-corrected chi connectivity index (χ2v) is 5.45. The summed E-state index contributed by atoms with van der Waals surface area (Å²) in [5.74, 6) is -0.906. The van der Waals surface area contributed by atoms with Crippen LogP contribution in [0.15, 0.2) is 30.3 Å². The first-order valence-corrected chi connectivity index (χ1v) is 6.01. The summed E-state index contributed by atoms with van der Waals surface area (Å²) in [5, 5.41) is 21.7. The molecule has 0 saturated carbocycles. The Morgan fingerprint density at radius 2 is 1.83 bits per heavy atom. The average Bonchev–Trinajstić information content (AvgIpc) is 2.29. The lowest BCUT2D eigenvalue weighted by Gasteiger charge is -2.31. The van der Waals surface area contributed by atoms with Crippen molar-refractivity contribution < 1.29 is 15.0 Å². The number of nitrogens with one attached hydrogen (secondary N) is 1. The van der Waals surface area contributed by atoms with Crippen molar-refractivity contribution in [2.75, 3.05) is 6.61 Å². The van der Waals surface area contributed by atoms with Gasteiger partial charge in [-0.3, -0.25) is 10.1 Å². The van der Waals surface area contributed by atoms with Crippen LogP contribution in [0, 0.1) is 5.41 Å². The van der Waals surface area contributed by atoms with Gasteiger partial charge < -0.3 is 10.2 Å². The highest BCUT2D eigenvalue weighted by atomic mass is 16.4. The minimum absolute atomic E-state index is 0.135. The average molecular weight is 251 g/mol. The predicted octanol–water partition coefficient (Wildman–Crippen LogP) is 1.81. The second-order valence-electron chi connectivity index (χ2n) is 5.45. The van der Waals surface area contributed by atoms with Gasteiger partial charge in [0.25, 0.3) is 0 Å². The number of rotatable bonds is 5. The molecule has 0 aliphatic carbocycles. The van der Waals surface area contributed by atoms with Crippen molar-refractivity contribution in [3.63, 3.8) is 0 Å². The number of benzene rings is 1. The van der Waals surface area contributed by atoms with E-state index in [0.717, 1.165) is 5.56 Å². The number of carboxylic acids is 1. The molecule has 0 radical (unpaired) electrons. The topological polar surface area (TPSA) is 69.6 Å². The van der Waals surface area contributed by atoms with Crippen LogP contribution in [0.3, 0.4) is 0 Å². The third-order valence-corrected chi connectivity index (χ3v) is 2.87. The molecule has 0 bridgehead atoms. The lowest BCUT2D eigenvalue weighted by Crippen LogP contribution is -2.48. The van der Waals surface area contributed by atoms with Crippen LogP contribution in [0.4, 0.5) is 0 Å². The molecule has 0 unspecified atom stereocenters. The maximum absolute atomic E-state index is 11.3. The molecule has 18 heavy (non-hydrogen) atoms. The monoisotopic (exact) mass is 251 g/mol. The summed E-state index contributed by atoms with van der Waals surface area (Å²) < 4.78 is 0. The Bertz CT molecular complexity index is 384. The van der Waals surface area contributed by atoms with E-state index in [4.69, 9.17) is 0 Å². The molecule has 4 heteroatoms. The van der Waals surface area contributed by atoms with Gasteiger partial charge in [0.05, 0.1) is 12.6 Å². The van der Waals surface area contributed by atoms with Crippen LogP contribution in [0.1, 0.15) is 32.4 Å². The van der Waals surface area contributed by atoms with E-state index in [1.54, 1.807) is 0 Å². The molecule has 1 aromatic carbocycles. The first kappa shape index (κ1) is 14.7. The lowest BCUT2D eigenvalue weighted by atomic mass is 9.86. The SMILES string of the molecule is CC(C)(C)[C@H](N[C@H](CO)c1ccccc1)C(=O)O. The van der Waals surface area contributed by atoms with Gasteiger partial charge in [-0.2, -0.15) is 0 Å². The summed E-state index contributed by atoms with van der Waals surface area (Å²) in [6, 6.07) is 8.28. The minimum Gasteiger partial charge on any atom is -0.480 e. The fourth-order valence-electron chi connectivity index (χ4n) is 1.83. The van der Waals surface area contributed by atoms with Gasteiger partial charge in [0, 0.05) is 0 Å². The second kappa shape index (κ2) is 5.98. The van der Waals surface area contributed by atoms with E-state index < -0.39 is 17.4 Å². The summed E-state index contributed by atoms with van der Waals surface area (Å²) in [5.41, 5.74) is 0.462. The first-order valence-electron chi connectivity index (χ1n) is 6.01. The molecule has 0 saturated heterocycles. The quantitative estimate of drug-likeness (QED) is 0.746. The first-order chi connectivity index (χ1) is 8.36. The summed E-state index contributed by atoms with van der Waals surface area (Å²) in [4.78, 5) is 11.3. The number of carbonyl (C=O) groups is 1. The van der Waals surface area contributed by atoms with Crippen LogP contribution in [0.2, 0.25) is 0 Å². The smallest absolute Gasteiger partial charge is 0.321 e. The third kappa shape index (κ3) is 3.82. The lowest BCUT2D eigenvalue weighted by molar-refractivity contribution is -0.142. The Balaban J connectivity index is 2.88. The minimum atomic E-state index is -0.906. The molecule has 0 aliphatic rings. The van der Waals surface area contributed by atoms with Gasteiger partial charge in [-0.25, -0.2) is 0 Å². The van der Waals surface area contributed by atoms with E-state index in [1.165, 1.54) is 0 Å². The largest absolute Gasteiger partial charge is 0.480 e. The predicted molar refractivity (Wildman–Crippen MR) is 70.3 cm³/mol. The van der Waals surface area contributed by atoms with Gasteiger partial charge in [0.1, 0.15) is 6.04 Å². The maximum atomic E-state index is 11.3. The van der Waals surface area contributed by atoms with Crippen LogP contribution >= 0.6 is 0 Å². The molecular formula is C14H21NO3. The zero-order chi connectivity index (χ0) is 13.8. The van der Waals surface area contributed by atoms with Gasteiger partial charge in [-0.15, -0.1) is 0 Å². The molecule has 3 N–H and O–H groups in total. The Morgan fingerprint density at radius 1 is 1.28 bits per heavy atom. The van der Waals surface area contributed by atoms with Crippen LogP contribution < -0.4 is 5.32 Å². The van der Waals surface area contributed by atoms with Gasteiger partial charge in [-0.1, -0.05) is 51.1 Å². The molecule has 0 spiro atoms. The van der Waals surface area contributed by atoms with Gasteiger partial charge in [0.2, 0.25) is 0 Å².